The van der Waals surface area contributed by atoms with Gasteiger partial charge in [-0.3, -0.25) is 9.59 Å². The molecule has 2 heterocycles. The highest BCUT2D eigenvalue weighted by Crippen LogP contribution is 2.18. The molecule has 1 fully saturated rings. The molecule has 130 valence electrons. The lowest BCUT2D eigenvalue weighted by molar-refractivity contribution is -0.114. The number of hydrogen-bond acceptors (Lipinski definition) is 5. The van der Waals surface area contributed by atoms with Crippen molar-refractivity contribution in [2.45, 2.75) is 19.4 Å². The van der Waals surface area contributed by atoms with E-state index in [1.165, 1.54) is 13.1 Å². The van der Waals surface area contributed by atoms with Crippen LogP contribution in [0.25, 0.3) is 0 Å². The van der Waals surface area contributed by atoms with E-state index in [-0.39, 0.29) is 17.9 Å². The van der Waals surface area contributed by atoms with E-state index in [0.29, 0.717) is 36.0 Å². The van der Waals surface area contributed by atoms with E-state index in [1.54, 1.807) is 36.4 Å². The molecule has 0 spiro atoms. The second-order valence-corrected chi connectivity index (χ2v) is 5.70. The molecule has 1 saturated heterocycles. The Morgan fingerprint density at radius 3 is 2.72 bits per heavy atom. The Balaban J connectivity index is 1.67. The first-order valence-electron chi connectivity index (χ1n) is 7.99. The van der Waals surface area contributed by atoms with Gasteiger partial charge in [-0.25, -0.2) is 4.98 Å². The first-order chi connectivity index (χ1) is 12.1. The van der Waals surface area contributed by atoms with Gasteiger partial charge in [-0.2, -0.15) is 0 Å². The monoisotopic (exact) mass is 341 g/mol. The summed E-state index contributed by atoms with van der Waals surface area (Å²) < 4.78 is 11.0. The third-order valence-corrected chi connectivity index (χ3v) is 3.61. The largest absolute Gasteiger partial charge is 0.472 e. The van der Waals surface area contributed by atoms with Gasteiger partial charge in [-0.1, -0.05) is 6.07 Å². The minimum absolute atomic E-state index is 0.0276. The lowest BCUT2D eigenvalue weighted by Gasteiger charge is -2.12. The number of aromatic nitrogens is 1. The van der Waals surface area contributed by atoms with Crippen molar-refractivity contribution in [1.82, 2.24) is 4.98 Å². The van der Waals surface area contributed by atoms with Crippen molar-refractivity contribution in [2.24, 2.45) is 0 Å². The van der Waals surface area contributed by atoms with Crippen LogP contribution in [0.2, 0.25) is 0 Å². The molecule has 2 amide bonds. The maximum atomic E-state index is 12.4. The van der Waals surface area contributed by atoms with Gasteiger partial charge < -0.3 is 20.1 Å². The average molecular weight is 341 g/mol. The number of carbonyl (C=O) groups excluding carboxylic acids is 2. The highest BCUT2D eigenvalue weighted by molar-refractivity contribution is 6.04. The molecule has 7 nitrogen and oxygen atoms in total. The molecule has 1 aliphatic heterocycles. The molecule has 25 heavy (non-hydrogen) atoms. The molecular formula is C18H19N3O4. The quantitative estimate of drug-likeness (QED) is 0.872. The molecule has 7 heteroatoms. The SMILES string of the molecule is CC(=O)Nc1cccc(NC(=O)c2ccnc(OC3CCOC3)c2)c1. The molecular weight excluding hydrogens is 322 g/mol. The van der Waals surface area contributed by atoms with Crippen LogP contribution in [0.3, 0.4) is 0 Å². The lowest BCUT2D eigenvalue weighted by Crippen LogP contribution is -2.17. The summed E-state index contributed by atoms with van der Waals surface area (Å²) in [6.07, 6.45) is 2.32. The standard InChI is InChI=1S/C18H19N3O4/c1-12(22)20-14-3-2-4-15(10-14)21-18(23)13-5-7-19-17(9-13)25-16-6-8-24-11-16/h2-5,7,9-10,16H,6,8,11H2,1H3,(H,20,22)(H,21,23). The van der Waals surface area contributed by atoms with Gasteiger partial charge in [-0.15, -0.1) is 0 Å². The number of anilines is 2. The Morgan fingerprint density at radius 1 is 1.20 bits per heavy atom. The summed E-state index contributed by atoms with van der Waals surface area (Å²) in [6, 6.07) is 10.2. The van der Waals surface area contributed by atoms with E-state index >= 15 is 0 Å². The van der Waals surface area contributed by atoms with Crippen molar-refractivity contribution < 1.29 is 19.1 Å². The van der Waals surface area contributed by atoms with E-state index in [1.807, 2.05) is 0 Å². The molecule has 1 unspecified atom stereocenters. The fraction of sp³-hybridized carbons (Fsp3) is 0.278. The second-order valence-electron chi connectivity index (χ2n) is 5.70. The molecule has 2 N–H and O–H groups in total. The van der Waals surface area contributed by atoms with Gasteiger partial charge in [-0.05, 0) is 24.3 Å². The molecule has 0 bridgehead atoms. The van der Waals surface area contributed by atoms with E-state index < -0.39 is 0 Å². The first-order valence-corrected chi connectivity index (χ1v) is 7.99. The van der Waals surface area contributed by atoms with Gasteiger partial charge >= 0.3 is 0 Å². The van der Waals surface area contributed by atoms with Crippen molar-refractivity contribution in [3.05, 3.63) is 48.2 Å². The Kier molecular flexibility index (Phi) is 5.25. The summed E-state index contributed by atoms with van der Waals surface area (Å²) in [6.45, 7) is 2.64. The van der Waals surface area contributed by atoms with Crippen LogP contribution < -0.4 is 15.4 Å². The minimum atomic E-state index is -0.283. The zero-order chi connectivity index (χ0) is 17.6. The van der Waals surface area contributed by atoms with Crippen molar-refractivity contribution in [3.63, 3.8) is 0 Å². The maximum Gasteiger partial charge on any atom is 0.255 e. The zero-order valence-electron chi connectivity index (χ0n) is 13.8. The van der Waals surface area contributed by atoms with Crippen LogP contribution in [-0.4, -0.2) is 36.1 Å². The predicted octanol–water partition coefficient (Wildman–Crippen LogP) is 2.46. The lowest BCUT2D eigenvalue weighted by atomic mass is 10.2. The summed E-state index contributed by atoms with van der Waals surface area (Å²) in [5.41, 5.74) is 1.64. The highest BCUT2D eigenvalue weighted by atomic mass is 16.5. The molecule has 1 aliphatic rings. The van der Waals surface area contributed by atoms with Crippen molar-refractivity contribution >= 4 is 23.2 Å². The average Bonchev–Trinajstić information content (AvgIpc) is 3.08. The Morgan fingerprint density at radius 2 is 2.00 bits per heavy atom. The van der Waals surface area contributed by atoms with Crippen LogP contribution in [-0.2, 0) is 9.53 Å². The van der Waals surface area contributed by atoms with Gasteiger partial charge in [0.2, 0.25) is 11.8 Å². The topological polar surface area (TPSA) is 89.6 Å². The van der Waals surface area contributed by atoms with Crippen LogP contribution in [0, 0.1) is 0 Å². The summed E-state index contributed by atoms with van der Waals surface area (Å²) in [7, 11) is 0. The summed E-state index contributed by atoms with van der Waals surface area (Å²) in [5.74, 6) is -0.0552. The third-order valence-electron chi connectivity index (χ3n) is 3.61. The molecule has 3 rings (SSSR count). The van der Waals surface area contributed by atoms with E-state index in [2.05, 4.69) is 15.6 Å². The number of amides is 2. The molecule has 1 aromatic carbocycles. The van der Waals surface area contributed by atoms with E-state index in [4.69, 9.17) is 9.47 Å². The predicted molar refractivity (Wildman–Crippen MR) is 92.8 cm³/mol. The van der Waals surface area contributed by atoms with Crippen LogP contribution in [0.15, 0.2) is 42.6 Å². The summed E-state index contributed by atoms with van der Waals surface area (Å²) >= 11 is 0. The Labute approximate surface area is 145 Å². The van der Waals surface area contributed by atoms with Crippen molar-refractivity contribution in [1.29, 1.82) is 0 Å². The van der Waals surface area contributed by atoms with Gasteiger partial charge in [0.15, 0.2) is 0 Å². The number of rotatable bonds is 5. The molecule has 0 radical (unpaired) electrons. The first kappa shape index (κ1) is 16.9. The smallest absolute Gasteiger partial charge is 0.255 e. The molecule has 2 aromatic rings. The zero-order valence-corrected chi connectivity index (χ0v) is 13.8. The van der Waals surface area contributed by atoms with Crippen molar-refractivity contribution in [3.8, 4) is 5.88 Å². The van der Waals surface area contributed by atoms with Gasteiger partial charge in [0.1, 0.15) is 6.10 Å². The fourth-order valence-electron chi connectivity index (χ4n) is 2.47. The maximum absolute atomic E-state index is 12.4. The van der Waals surface area contributed by atoms with Crippen LogP contribution in [0.4, 0.5) is 11.4 Å². The van der Waals surface area contributed by atoms with E-state index in [0.717, 1.165) is 6.42 Å². The van der Waals surface area contributed by atoms with Crippen molar-refractivity contribution in [2.75, 3.05) is 23.8 Å². The summed E-state index contributed by atoms with van der Waals surface area (Å²) in [5, 5.41) is 5.47. The van der Waals surface area contributed by atoms with Gasteiger partial charge in [0.25, 0.3) is 5.91 Å². The van der Waals surface area contributed by atoms with Crippen LogP contribution >= 0.6 is 0 Å². The van der Waals surface area contributed by atoms with Gasteiger partial charge in [0, 0.05) is 42.5 Å². The number of ether oxygens (including phenoxy) is 2. The highest BCUT2D eigenvalue weighted by Gasteiger charge is 2.18. The second kappa shape index (κ2) is 7.76. The molecule has 0 aliphatic carbocycles. The number of nitrogens with one attached hydrogen (secondary N) is 2. The third kappa shape index (κ3) is 4.77. The van der Waals surface area contributed by atoms with Gasteiger partial charge in [0.05, 0.1) is 13.2 Å². The fourth-order valence-corrected chi connectivity index (χ4v) is 2.47. The molecule has 1 atom stereocenters. The normalized spacial score (nSPS) is 16.3. The number of nitrogens with zero attached hydrogens (tertiary/aromatic N) is 1. The number of carbonyl (C=O) groups is 2. The number of hydrogen-bond donors (Lipinski definition) is 2. The van der Waals surface area contributed by atoms with Crippen LogP contribution in [0.1, 0.15) is 23.7 Å². The summed E-state index contributed by atoms with van der Waals surface area (Å²) in [4.78, 5) is 27.7. The Hall–Kier alpha value is -2.93. The minimum Gasteiger partial charge on any atom is -0.472 e. The number of pyridine rings is 1. The number of benzene rings is 1. The molecule has 0 saturated carbocycles. The van der Waals surface area contributed by atoms with E-state index in [9.17, 15) is 9.59 Å². The Bertz CT molecular complexity index is 772. The molecule has 1 aromatic heterocycles. The van der Waals surface area contributed by atoms with Crippen LogP contribution in [0.5, 0.6) is 5.88 Å².